The fourth-order valence-electron chi connectivity index (χ4n) is 2.80. The number of carboxylic acid groups (broad SMARTS) is 2. The lowest BCUT2D eigenvalue weighted by atomic mass is 10.0. The summed E-state index contributed by atoms with van der Waals surface area (Å²) >= 11 is 0. The number of aliphatic imine (C=N–C) groups is 1. The Morgan fingerprint density at radius 2 is 1.42 bits per heavy atom. The van der Waals surface area contributed by atoms with Crippen LogP contribution < -0.4 is 33.2 Å². The first-order chi connectivity index (χ1) is 15.4. The topological polar surface area (TPSA) is 252 Å². The van der Waals surface area contributed by atoms with Crippen LogP contribution >= 0.6 is 0 Å². The van der Waals surface area contributed by atoms with Crippen molar-refractivity contribution in [3.63, 3.8) is 0 Å². The molecule has 33 heavy (non-hydrogen) atoms. The number of carbonyl (C=O) groups is 5. The van der Waals surface area contributed by atoms with E-state index in [-0.39, 0.29) is 44.2 Å². The van der Waals surface area contributed by atoms with Gasteiger partial charge in [0.05, 0.1) is 6.54 Å². The molecule has 0 saturated heterocycles. The maximum atomic E-state index is 12.8. The van der Waals surface area contributed by atoms with Crippen molar-refractivity contribution in [2.45, 2.75) is 64.1 Å². The predicted molar refractivity (Wildman–Crippen MR) is 119 cm³/mol. The highest BCUT2D eigenvalue weighted by molar-refractivity contribution is 5.93. The van der Waals surface area contributed by atoms with Crippen molar-refractivity contribution in [1.82, 2.24) is 16.0 Å². The lowest BCUT2D eigenvalue weighted by Crippen LogP contribution is -2.56. The lowest BCUT2D eigenvalue weighted by Gasteiger charge is -2.24. The fourth-order valence-corrected chi connectivity index (χ4v) is 2.80. The van der Waals surface area contributed by atoms with Crippen LogP contribution in [-0.4, -0.2) is 77.0 Å². The summed E-state index contributed by atoms with van der Waals surface area (Å²) < 4.78 is 0. The van der Waals surface area contributed by atoms with E-state index in [1.807, 2.05) is 0 Å². The molecule has 0 aromatic heterocycles. The molecular weight excluding hydrogens is 438 g/mol. The van der Waals surface area contributed by atoms with Gasteiger partial charge in [-0.1, -0.05) is 13.8 Å². The van der Waals surface area contributed by atoms with Crippen LogP contribution in [0, 0.1) is 5.92 Å². The van der Waals surface area contributed by atoms with Crippen LogP contribution in [0.5, 0.6) is 0 Å². The van der Waals surface area contributed by atoms with Gasteiger partial charge in [0.15, 0.2) is 5.96 Å². The molecule has 0 bridgehead atoms. The molecule has 0 rings (SSSR count). The van der Waals surface area contributed by atoms with Crippen LogP contribution in [0.15, 0.2) is 4.99 Å². The molecule has 0 spiro atoms. The minimum absolute atomic E-state index is 0.0421. The summed E-state index contributed by atoms with van der Waals surface area (Å²) in [6.45, 7) is 3.36. The molecule has 3 atom stereocenters. The third-order valence-corrected chi connectivity index (χ3v) is 4.38. The van der Waals surface area contributed by atoms with E-state index in [1.54, 1.807) is 13.8 Å². The van der Waals surface area contributed by atoms with Gasteiger partial charge < -0.3 is 43.4 Å². The van der Waals surface area contributed by atoms with Gasteiger partial charge in [-0.2, -0.15) is 0 Å². The summed E-state index contributed by atoms with van der Waals surface area (Å²) in [7, 11) is 0. The molecule has 14 nitrogen and oxygen atoms in total. The number of amides is 3. The quantitative estimate of drug-likeness (QED) is 0.0661. The van der Waals surface area contributed by atoms with Crippen LogP contribution in [0.1, 0.15) is 46.0 Å². The van der Waals surface area contributed by atoms with Crippen molar-refractivity contribution in [3.05, 3.63) is 0 Å². The zero-order valence-corrected chi connectivity index (χ0v) is 18.9. The Kier molecular flexibility index (Phi) is 13.8. The van der Waals surface area contributed by atoms with Crippen molar-refractivity contribution < 1.29 is 34.2 Å². The zero-order valence-electron chi connectivity index (χ0n) is 18.9. The van der Waals surface area contributed by atoms with Crippen LogP contribution in [0.4, 0.5) is 0 Å². The molecule has 14 heteroatoms. The number of nitrogens with zero attached hydrogens (tertiary/aromatic N) is 1. The van der Waals surface area contributed by atoms with E-state index in [0.717, 1.165) is 0 Å². The second kappa shape index (κ2) is 15.4. The lowest BCUT2D eigenvalue weighted by molar-refractivity contribution is -0.143. The standard InChI is InChI=1S/C19H35N7O7/c1-10(2)8-13(18(32)33)26-17(31)12(5-6-15(28)29)25-16(30)11(24-14(27)9-20)4-3-7-23-19(21)22/h10-13H,3-9,20H2,1-2H3,(H,24,27)(H,25,30)(H,26,31)(H,28,29)(H,32,33)(H4,21,22,23). The highest BCUT2D eigenvalue weighted by atomic mass is 16.4. The molecule has 188 valence electrons. The monoisotopic (exact) mass is 473 g/mol. The van der Waals surface area contributed by atoms with Gasteiger partial charge >= 0.3 is 11.9 Å². The molecule has 0 aromatic carbocycles. The van der Waals surface area contributed by atoms with Crippen LogP contribution in [0.3, 0.4) is 0 Å². The number of nitrogens with one attached hydrogen (secondary N) is 3. The second-order valence-electron chi connectivity index (χ2n) is 7.80. The smallest absolute Gasteiger partial charge is 0.326 e. The van der Waals surface area contributed by atoms with Crippen molar-refractivity contribution >= 4 is 35.6 Å². The van der Waals surface area contributed by atoms with Crippen molar-refractivity contribution in [2.24, 2.45) is 28.1 Å². The summed E-state index contributed by atoms with van der Waals surface area (Å²) in [5.74, 6) is -4.87. The third kappa shape index (κ3) is 13.6. The number of rotatable bonds is 16. The summed E-state index contributed by atoms with van der Waals surface area (Å²) in [5.41, 5.74) is 15.8. The average Bonchev–Trinajstić information content (AvgIpc) is 2.71. The molecule has 0 aliphatic rings. The number of aliphatic carboxylic acids is 2. The van der Waals surface area contributed by atoms with Gasteiger partial charge in [0.1, 0.15) is 18.1 Å². The van der Waals surface area contributed by atoms with Gasteiger partial charge in [-0.25, -0.2) is 4.79 Å². The van der Waals surface area contributed by atoms with Crippen molar-refractivity contribution in [3.8, 4) is 0 Å². The van der Waals surface area contributed by atoms with E-state index in [2.05, 4.69) is 20.9 Å². The Morgan fingerprint density at radius 1 is 0.879 bits per heavy atom. The molecule has 0 aliphatic heterocycles. The second-order valence-corrected chi connectivity index (χ2v) is 7.80. The Hall–Kier alpha value is -3.42. The van der Waals surface area contributed by atoms with E-state index in [4.69, 9.17) is 22.3 Å². The molecule has 0 heterocycles. The number of hydrogen-bond acceptors (Lipinski definition) is 7. The largest absolute Gasteiger partial charge is 0.481 e. The molecule has 0 aliphatic carbocycles. The number of carbonyl (C=O) groups excluding carboxylic acids is 3. The maximum absolute atomic E-state index is 12.8. The van der Waals surface area contributed by atoms with Crippen LogP contribution in [-0.2, 0) is 24.0 Å². The Labute approximate surface area is 191 Å². The van der Waals surface area contributed by atoms with Gasteiger partial charge in [0.2, 0.25) is 17.7 Å². The predicted octanol–water partition coefficient (Wildman–Crippen LogP) is -2.55. The average molecular weight is 474 g/mol. The first-order valence-electron chi connectivity index (χ1n) is 10.5. The van der Waals surface area contributed by atoms with Gasteiger partial charge in [-0.15, -0.1) is 0 Å². The van der Waals surface area contributed by atoms with Gasteiger partial charge in [0, 0.05) is 13.0 Å². The molecule has 0 saturated carbocycles. The Morgan fingerprint density at radius 3 is 1.88 bits per heavy atom. The first-order valence-corrected chi connectivity index (χ1v) is 10.5. The number of nitrogens with two attached hydrogens (primary N) is 3. The normalized spacial score (nSPS) is 13.3. The summed E-state index contributed by atoms with van der Waals surface area (Å²) in [6.07, 6.45) is -0.188. The van der Waals surface area contributed by atoms with E-state index < -0.39 is 54.2 Å². The van der Waals surface area contributed by atoms with Crippen LogP contribution in [0.2, 0.25) is 0 Å². The molecule has 3 amide bonds. The van der Waals surface area contributed by atoms with E-state index in [0.29, 0.717) is 6.42 Å². The molecular formula is C19H35N7O7. The number of guanidine groups is 1. The number of hydrogen-bond donors (Lipinski definition) is 8. The van der Waals surface area contributed by atoms with E-state index in [9.17, 15) is 29.1 Å². The minimum atomic E-state index is -1.34. The molecule has 0 aromatic rings. The fraction of sp³-hybridized carbons (Fsp3) is 0.684. The molecule has 0 radical (unpaired) electrons. The maximum Gasteiger partial charge on any atom is 0.326 e. The Balaban J connectivity index is 5.45. The SMILES string of the molecule is CC(C)CC(NC(=O)C(CCC(=O)O)NC(=O)C(CCCN=C(N)N)NC(=O)CN)C(=O)O. The van der Waals surface area contributed by atoms with E-state index >= 15 is 0 Å². The zero-order chi connectivity index (χ0) is 25.6. The van der Waals surface area contributed by atoms with Gasteiger partial charge in [-0.3, -0.25) is 24.2 Å². The summed E-state index contributed by atoms with van der Waals surface area (Å²) in [6, 6.07) is -3.65. The van der Waals surface area contributed by atoms with Crippen LogP contribution in [0.25, 0.3) is 0 Å². The highest BCUT2D eigenvalue weighted by Crippen LogP contribution is 2.08. The molecule has 0 fully saturated rings. The molecule has 3 unspecified atom stereocenters. The number of carboxylic acids is 2. The summed E-state index contributed by atoms with van der Waals surface area (Å²) in [5, 5.41) is 25.5. The van der Waals surface area contributed by atoms with Gasteiger partial charge in [0.25, 0.3) is 0 Å². The molecule has 11 N–H and O–H groups in total. The van der Waals surface area contributed by atoms with Crippen molar-refractivity contribution in [1.29, 1.82) is 0 Å². The van der Waals surface area contributed by atoms with E-state index in [1.165, 1.54) is 0 Å². The van der Waals surface area contributed by atoms with Crippen molar-refractivity contribution in [2.75, 3.05) is 13.1 Å². The third-order valence-electron chi connectivity index (χ3n) is 4.38. The first kappa shape index (κ1) is 29.6. The minimum Gasteiger partial charge on any atom is -0.481 e. The highest BCUT2D eigenvalue weighted by Gasteiger charge is 2.30. The summed E-state index contributed by atoms with van der Waals surface area (Å²) in [4.78, 5) is 63.4. The van der Waals surface area contributed by atoms with Gasteiger partial charge in [-0.05, 0) is 31.6 Å². The Bertz CT molecular complexity index is 723.